The van der Waals surface area contributed by atoms with Gasteiger partial charge in [-0.05, 0) is 18.9 Å². The maximum atomic E-state index is 11.8. The Morgan fingerprint density at radius 3 is 2.50 bits per heavy atom. The predicted octanol–water partition coefficient (Wildman–Crippen LogP) is 2.43. The maximum absolute atomic E-state index is 11.8. The van der Waals surface area contributed by atoms with E-state index in [1.807, 2.05) is 38.1 Å². The van der Waals surface area contributed by atoms with E-state index in [0.717, 1.165) is 11.1 Å². The number of hydrogen-bond acceptors (Lipinski definition) is 2. The van der Waals surface area contributed by atoms with Crippen molar-refractivity contribution in [1.29, 1.82) is 0 Å². The molecule has 0 aliphatic carbocycles. The molecule has 94 valence electrons. The minimum absolute atomic E-state index is 0.460. The van der Waals surface area contributed by atoms with Crippen LogP contribution in [0.15, 0.2) is 43.0 Å². The highest BCUT2D eigenvalue weighted by atomic mass is 16.4. The van der Waals surface area contributed by atoms with Gasteiger partial charge in [0, 0.05) is 12.4 Å². The number of benzene rings is 1. The Labute approximate surface area is 106 Å². The lowest BCUT2D eigenvalue weighted by atomic mass is 9.86. The Kier molecular flexibility index (Phi) is 3.19. The molecule has 4 heteroatoms. The molecule has 1 aromatic carbocycles. The van der Waals surface area contributed by atoms with E-state index in [9.17, 15) is 9.90 Å². The van der Waals surface area contributed by atoms with Gasteiger partial charge in [-0.2, -0.15) is 0 Å². The number of nitrogens with zero attached hydrogens (tertiary/aromatic N) is 2. The minimum Gasteiger partial charge on any atom is -0.479 e. The summed E-state index contributed by atoms with van der Waals surface area (Å²) >= 11 is 0. The highest BCUT2D eigenvalue weighted by molar-refractivity contribution is 5.81. The number of carboxylic acid groups (broad SMARTS) is 1. The average Bonchev–Trinajstić information content (AvgIpc) is 2.87. The molecule has 1 heterocycles. The van der Waals surface area contributed by atoms with Gasteiger partial charge in [0.05, 0.1) is 6.33 Å². The molecule has 4 nitrogen and oxygen atoms in total. The molecule has 0 aliphatic rings. The second-order valence-corrected chi connectivity index (χ2v) is 4.35. The largest absolute Gasteiger partial charge is 0.479 e. The monoisotopic (exact) mass is 244 g/mol. The number of aromatic nitrogens is 2. The van der Waals surface area contributed by atoms with Crippen LogP contribution < -0.4 is 0 Å². The quantitative estimate of drug-likeness (QED) is 0.898. The van der Waals surface area contributed by atoms with Gasteiger partial charge in [0.25, 0.3) is 0 Å². The zero-order valence-electron chi connectivity index (χ0n) is 10.5. The number of imidazole rings is 1. The third-order valence-corrected chi connectivity index (χ3v) is 3.34. The van der Waals surface area contributed by atoms with Crippen LogP contribution in [0.4, 0.5) is 0 Å². The first-order chi connectivity index (χ1) is 8.61. The Balaban J connectivity index is 2.62. The first-order valence-corrected chi connectivity index (χ1v) is 5.90. The molecule has 0 bridgehead atoms. The second kappa shape index (κ2) is 4.64. The molecule has 0 aliphatic heterocycles. The zero-order chi connectivity index (χ0) is 13.2. The van der Waals surface area contributed by atoms with Crippen molar-refractivity contribution >= 4 is 5.97 Å². The number of hydrogen-bond donors (Lipinski definition) is 1. The van der Waals surface area contributed by atoms with Crippen molar-refractivity contribution in [2.24, 2.45) is 0 Å². The molecule has 0 radical (unpaired) electrons. The number of carboxylic acids is 1. The van der Waals surface area contributed by atoms with Crippen molar-refractivity contribution in [3.8, 4) is 0 Å². The summed E-state index contributed by atoms with van der Waals surface area (Å²) in [5.74, 6) is -0.869. The van der Waals surface area contributed by atoms with Crippen molar-refractivity contribution in [3.63, 3.8) is 0 Å². The van der Waals surface area contributed by atoms with Crippen molar-refractivity contribution in [2.45, 2.75) is 25.8 Å². The summed E-state index contributed by atoms with van der Waals surface area (Å²) in [7, 11) is 0. The van der Waals surface area contributed by atoms with Crippen LogP contribution in [0.3, 0.4) is 0 Å². The molecule has 2 rings (SSSR count). The normalized spacial score (nSPS) is 14.1. The summed E-state index contributed by atoms with van der Waals surface area (Å²) in [6.07, 6.45) is 5.30. The van der Waals surface area contributed by atoms with Gasteiger partial charge in [-0.15, -0.1) is 0 Å². The van der Waals surface area contributed by atoms with Gasteiger partial charge in [-0.1, -0.05) is 36.8 Å². The predicted molar refractivity (Wildman–Crippen MR) is 68.4 cm³/mol. The summed E-state index contributed by atoms with van der Waals surface area (Å²) in [5.41, 5.74) is 0.797. The van der Waals surface area contributed by atoms with E-state index in [2.05, 4.69) is 4.98 Å². The maximum Gasteiger partial charge on any atom is 0.334 e. The Morgan fingerprint density at radius 1 is 1.39 bits per heavy atom. The van der Waals surface area contributed by atoms with E-state index in [1.165, 1.54) is 0 Å². The third-order valence-electron chi connectivity index (χ3n) is 3.34. The molecule has 2 aromatic rings. The Morgan fingerprint density at radius 2 is 2.06 bits per heavy atom. The second-order valence-electron chi connectivity index (χ2n) is 4.35. The third kappa shape index (κ3) is 1.79. The van der Waals surface area contributed by atoms with Gasteiger partial charge in [0.1, 0.15) is 0 Å². The van der Waals surface area contributed by atoms with Crippen LogP contribution in [-0.4, -0.2) is 20.6 Å². The first-order valence-electron chi connectivity index (χ1n) is 5.90. The Bertz CT molecular complexity index is 531. The van der Waals surface area contributed by atoms with Crippen LogP contribution in [0.5, 0.6) is 0 Å². The first kappa shape index (κ1) is 12.4. The van der Waals surface area contributed by atoms with Gasteiger partial charge in [-0.3, -0.25) is 0 Å². The van der Waals surface area contributed by atoms with Crippen molar-refractivity contribution in [1.82, 2.24) is 9.55 Å². The van der Waals surface area contributed by atoms with Gasteiger partial charge < -0.3 is 9.67 Å². The van der Waals surface area contributed by atoms with Gasteiger partial charge in [0.15, 0.2) is 5.54 Å². The summed E-state index contributed by atoms with van der Waals surface area (Å²) in [6, 6.07) is 7.60. The molecule has 1 atom stereocenters. The van der Waals surface area contributed by atoms with Crippen LogP contribution in [-0.2, 0) is 10.3 Å². The lowest BCUT2D eigenvalue weighted by molar-refractivity contribution is -0.145. The van der Waals surface area contributed by atoms with Crippen molar-refractivity contribution in [3.05, 3.63) is 54.1 Å². The molecular weight excluding hydrogens is 228 g/mol. The summed E-state index contributed by atoms with van der Waals surface area (Å²) < 4.78 is 1.65. The topological polar surface area (TPSA) is 55.1 Å². The van der Waals surface area contributed by atoms with Crippen LogP contribution in [0.25, 0.3) is 0 Å². The lowest BCUT2D eigenvalue weighted by Crippen LogP contribution is -2.41. The molecule has 0 saturated heterocycles. The molecular formula is C14H16N2O2. The highest BCUT2D eigenvalue weighted by Crippen LogP contribution is 2.30. The van der Waals surface area contributed by atoms with Gasteiger partial charge >= 0.3 is 5.97 Å². The van der Waals surface area contributed by atoms with E-state index in [0.29, 0.717) is 6.42 Å². The minimum atomic E-state index is -1.08. The SMILES string of the molecule is CCC(C(=O)O)(c1ccc(C)cc1)n1ccnc1. The molecule has 0 fully saturated rings. The van der Waals surface area contributed by atoms with E-state index < -0.39 is 11.5 Å². The molecule has 1 N–H and O–H groups in total. The summed E-state index contributed by atoms with van der Waals surface area (Å²) in [6.45, 7) is 3.85. The molecule has 1 aromatic heterocycles. The van der Waals surface area contributed by atoms with Crippen LogP contribution >= 0.6 is 0 Å². The summed E-state index contributed by atoms with van der Waals surface area (Å²) in [4.78, 5) is 15.7. The molecule has 0 amide bonds. The van der Waals surface area contributed by atoms with Crippen LogP contribution in [0.2, 0.25) is 0 Å². The molecule has 0 spiro atoms. The average molecular weight is 244 g/mol. The fraction of sp³-hybridized carbons (Fsp3) is 0.286. The van der Waals surface area contributed by atoms with Gasteiger partial charge in [0.2, 0.25) is 0 Å². The number of aryl methyl sites for hydroxylation is 1. The van der Waals surface area contributed by atoms with Crippen molar-refractivity contribution in [2.75, 3.05) is 0 Å². The number of rotatable bonds is 4. The number of aliphatic carboxylic acids is 1. The summed E-state index contributed by atoms with van der Waals surface area (Å²) in [5, 5.41) is 9.67. The van der Waals surface area contributed by atoms with Crippen molar-refractivity contribution < 1.29 is 9.90 Å². The van der Waals surface area contributed by atoms with E-state index in [4.69, 9.17) is 0 Å². The smallest absolute Gasteiger partial charge is 0.334 e. The Hall–Kier alpha value is -2.10. The number of carbonyl (C=O) groups is 1. The fourth-order valence-corrected chi connectivity index (χ4v) is 2.24. The molecule has 18 heavy (non-hydrogen) atoms. The zero-order valence-corrected chi connectivity index (χ0v) is 10.5. The highest BCUT2D eigenvalue weighted by Gasteiger charge is 2.40. The fourth-order valence-electron chi connectivity index (χ4n) is 2.24. The van der Waals surface area contributed by atoms with E-state index in [1.54, 1.807) is 23.3 Å². The lowest BCUT2D eigenvalue weighted by Gasteiger charge is -2.30. The van der Waals surface area contributed by atoms with Crippen LogP contribution in [0.1, 0.15) is 24.5 Å². The molecule has 1 unspecified atom stereocenters. The molecule has 0 saturated carbocycles. The van der Waals surface area contributed by atoms with E-state index >= 15 is 0 Å². The van der Waals surface area contributed by atoms with Gasteiger partial charge in [-0.25, -0.2) is 9.78 Å². The van der Waals surface area contributed by atoms with E-state index in [-0.39, 0.29) is 0 Å². The van der Waals surface area contributed by atoms with Crippen LogP contribution in [0, 0.1) is 6.92 Å². The standard InChI is InChI=1S/C14H16N2O2/c1-3-14(13(17)18,16-9-8-15-10-16)12-6-4-11(2)5-7-12/h4-10H,3H2,1-2H3,(H,17,18).